The molecule has 4 heterocycles. The molecule has 1 aliphatic carbocycles. The van der Waals surface area contributed by atoms with Gasteiger partial charge in [-0.2, -0.15) is 0 Å². The summed E-state index contributed by atoms with van der Waals surface area (Å²) >= 11 is 0. The average Bonchev–Trinajstić information content (AvgIpc) is 3.41. The van der Waals surface area contributed by atoms with Crippen LogP contribution in [0.3, 0.4) is 0 Å². The number of rotatable bonds is 5. The molecular formula is C26H33N5. The SMILES string of the molecule is Cc1cccnc1C1CCCN1CC1=Nc2c(cccc2N2CCN(C3CC3)CC2)C1. The number of pyridine rings is 1. The number of aryl methyl sites for hydroxylation is 1. The second-order valence-electron chi connectivity index (χ2n) is 9.73. The Kier molecular flexibility index (Phi) is 5.04. The molecule has 0 amide bonds. The Morgan fingerprint density at radius 3 is 2.65 bits per heavy atom. The van der Waals surface area contributed by atoms with Gasteiger partial charge in [0, 0.05) is 57.1 Å². The van der Waals surface area contributed by atoms with Crippen molar-refractivity contribution in [1.29, 1.82) is 0 Å². The van der Waals surface area contributed by atoms with Crippen molar-refractivity contribution >= 4 is 17.1 Å². The van der Waals surface area contributed by atoms with Gasteiger partial charge in [0.05, 0.1) is 23.1 Å². The molecule has 4 aliphatic rings. The Balaban J connectivity index is 1.18. The minimum Gasteiger partial charge on any atom is -0.367 e. The minimum atomic E-state index is 0.433. The van der Waals surface area contributed by atoms with Crippen LogP contribution in [0.15, 0.2) is 41.5 Å². The van der Waals surface area contributed by atoms with Gasteiger partial charge in [0.15, 0.2) is 0 Å². The zero-order valence-corrected chi connectivity index (χ0v) is 18.6. The molecule has 2 aromatic rings. The summed E-state index contributed by atoms with van der Waals surface area (Å²) in [6.07, 6.45) is 8.20. The Morgan fingerprint density at radius 2 is 1.84 bits per heavy atom. The molecule has 1 unspecified atom stereocenters. The second-order valence-corrected chi connectivity index (χ2v) is 9.73. The smallest absolute Gasteiger partial charge is 0.0898 e. The van der Waals surface area contributed by atoms with Crippen molar-refractivity contribution in [2.45, 2.75) is 51.1 Å². The van der Waals surface area contributed by atoms with Gasteiger partial charge in [0.1, 0.15) is 0 Å². The summed E-state index contributed by atoms with van der Waals surface area (Å²) in [6, 6.07) is 12.3. The van der Waals surface area contributed by atoms with E-state index in [2.05, 4.69) is 45.9 Å². The molecule has 1 aromatic carbocycles. The number of para-hydroxylation sites is 1. The van der Waals surface area contributed by atoms with E-state index in [1.165, 1.54) is 72.7 Å². The third kappa shape index (κ3) is 3.79. The number of likely N-dealkylation sites (tertiary alicyclic amines) is 1. The van der Waals surface area contributed by atoms with Gasteiger partial charge in [0.2, 0.25) is 0 Å². The predicted octanol–water partition coefficient (Wildman–Crippen LogP) is 4.14. The fraction of sp³-hybridized carbons (Fsp3) is 0.538. The van der Waals surface area contributed by atoms with Crippen molar-refractivity contribution in [1.82, 2.24) is 14.8 Å². The number of fused-ring (bicyclic) bond motifs is 1. The van der Waals surface area contributed by atoms with Crippen LogP contribution >= 0.6 is 0 Å². The van der Waals surface area contributed by atoms with Crippen LogP contribution in [0.5, 0.6) is 0 Å². The van der Waals surface area contributed by atoms with Crippen LogP contribution in [-0.4, -0.2) is 65.8 Å². The Bertz CT molecular complexity index is 987. The number of aromatic nitrogens is 1. The topological polar surface area (TPSA) is 35.0 Å². The molecule has 2 saturated heterocycles. The van der Waals surface area contributed by atoms with Gasteiger partial charge in [-0.15, -0.1) is 0 Å². The van der Waals surface area contributed by atoms with Gasteiger partial charge < -0.3 is 4.90 Å². The van der Waals surface area contributed by atoms with E-state index in [0.29, 0.717) is 6.04 Å². The summed E-state index contributed by atoms with van der Waals surface area (Å²) in [5.74, 6) is 0. The molecule has 5 heteroatoms. The molecule has 0 radical (unpaired) electrons. The predicted molar refractivity (Wildman–Crippen MR) is 127 cm³/mol. The van der Waals surface area contributed by atoms with Crippen molar-refractivity contribution in [3.8, 4) is 0 Å². The first-order valence-electron chi connectivity index (χ1n) is 12.1. The summed E-state index contributed by atoms with van der Waals surface area (Å²) in [7, 11) is 0. The molecule has 162 valence electrons. The number of benzene rings is 1. The Hall–Kier alpha value is -2.24. The van der Waals surface area contributed by atoms with E-state index < -0.39 is 0 Å². The van der Waals surface area contributed by atoms with Crippen molar-refractivity contribution in [3.05, 3.63) is 53.3 Å². The van der Waals surface area contributed by atoms with Crippen LogP contribution < -0.4 is 4.90 Å². The van der Waals surface area contributed by atoms with Crippen LogP contribution in [0, 0.1) is 6.92 Å². The summed E-state index contributed by atoms with van der Waals surface area (Å²) in [6.45, 7) is 8.96. The third-order valence-electron chi connectivity index (χ3n) is 7.60. The van der Waals surface area contributed by atoms with Crippen LogP contribution in [0.1, 0.15) is 48.5 Å². The van der Waals surface area contributed by atoms with Gasteiger partial charge in [-0.25, -0.2) is 0 Å². The monoisotopic (exact) mass is 415 g/mol. The summed E-state index contributed by atoms with van der Waals surface area (Å²) in [5.41, 5.74) is 7.87. The molecule has 1 atom stereocenters. The standard InChI is InChI=1S/C26H33N5/c1-19-5-3-11-27-25(19)23-8-4-12-31(23)18-21-17-20-6-2-7-24(26(20)28-21)30-15-13-29(14-16-30)22-9-10-22/h2-3,5-7,11,22-23H,4,8-10,12-18H2,1H3. The largest absolute Gasteiger partial charge is 0.367 e. The molecule has 1 aromatic heterocycles. The van der Waals surface area contributed by atoms with Gasteiger partial charge in [-0.3, -0.25) is 19.8 Å². The van der Waals surface area contributed by atoms with Crippen molar-refractivity contribution < 1.29 is 0 Å². The van der Waals surface area contributed by atoms with Gasteiger partial charge in [-0.1, -0.05) is 18.2 Å². The molecule has 3 fully saturated rings. The maximum atomic E-state index is 5.21. The van der Waals surface area contributed by atoms with Crippen LogP contribution in [-0.2, 0) is 6.42 Å². The van der Waals surface area contributed by atoms with Crippen molar-refractivity contribution in [2.24, 2.45) is 4.99 Å². The molecule has 6 rings (SSSR count). The van der Waals surface area contributed by atoms with E-state index in [-0.39, 0.29) is 0 Å². The lowest BCUT2D eigenvalue weighted by molar-refractivity contribution is 0.248. The van der Waals surface area contributed by atoms with Crippen LogP contribution in [0.2, 0.25) is 0 Å². The van der Waals surface area contributed by atoms with Crippen molar-refractivity contribution in [2.75, 3.05) is 44.2 Å². The van der Waals surface area contributed by atoms with Crippen LogP contribution in [0.4, 0.5) is 11.4 Å². The molecule has 31 heavy (non-hydrogen) atoms. The average molecular weight is 416 g/mol. The van der Waals surface area contributed by atoms with Gasteiger partial charge in [-0.05, 0) is 62.4 Å². The fourth-order valence-corrected chi connectivity index (χ4v) is 5.79. The zero-order chi connectivity index (χ0) is 20.8. The van der Waals surface area contributed by atoms with Crippen LogP contribution in [0.25, 0.3) is 0 Å². The maximum absolute atomic E-state index is 5.21. The number of anilines is 1. The fourth-order valence-electron chi connectivity index (χ4n) is 5.79. The van der Waals surface area contributed by atoms with E-state index in [1.54, 1.807) is 0 Å². The highest BCUT2D eigenvalue weighted by molar-refractivity contribution is 5.98. The first kappa shape index (κ1) is 19.4. The second kappa shape index (κ2) is 8.03. The summed E-state index contributed by atoms with van der Waals surface area (Å²) in [4.78, 5) is 17.8. The van der Waals surface area contributed by atoms with E-state index in [4.69, 9.17) is 9.98 Å². The number of hydrogen-bond donors (Lipinski definition) is 0. The molecule has 0 bridgehead atoms. The van der Waals surface area contributed by atoms with Crippen molar-refractivity contribution in [3.63, 3.8) is 0 Å². The zero-order valence-electron chi connectivity index (χ0n) is 18.6. The third-order valence-corrected chi connectivity index (χ3v) is 7.60. The molecule has 3 aliphatic heterocycles. The number of aliphatic imine (C=N–C) groups is 1. The molecular weight excluding hydrogens is 382 g/mol. The Morgan fingerprint density at radius 1 is 0.968 bits per heavy atom. The Labute approximate surface area is 185 Å². The van der Waals surface area contributed by atoms with E-state index >= 15 is 0 Å². The normalized spacial score (nSPS) is 24.5. The molecule has 1 saturated carbocycles. The summed E-state index contributed by atoms with van der Waals surface area (Å²) < 4.78 is 0. The highest BCUT2D eigenvalue weighted by Crippen LogP contribution is 2.39. The van der Waals surface area contributed by atoms with E-state index in [1.807, 2.05) is 12.3 Å². The molecule has 0 spiro atoms. The molecule has 5 nitrogen and oxygen atoms in total. The van der Waals surface area contributed by atoms with Gasteiger partial charge >= 0.3 is 0 Å². The lowest BCUT2D eigenvalue weighted by atomic mass is 10.0. The number of nitrogens with zero attached hydrogens (tertiary/aromatic N) is 5. The number of piperazine rings is 1. The van der Waals surface area contributed by atoms with Gasteiger partial charge in [0.25, 0.3) is 0 Å². The highest BCUT2D eigenvalue weighted by Gasteiger charge is 2.33. The lowest BCUT2D eigenvalue weighted by Crippen LogP contribution is -2.47. The first-order valence-corrected chi connectivity index (χ1v) is 12.1. The highest BCUT2D eigenvalue weighted by atomic mass is 15.3. The minimum absolute atomic E-state index is 0.433. The van der Waals surface area contributed by atoms with E-state index in [9.17, 15) is 0 Å². The maximum Gasteiger partial charge on any atom is 0.0898 e. The lowest BCUT2D eigenvalue weighted by Gasteiger charge is -2.36. The van der Waals surface area contributed by atoms with E-state index in [0.717, 1.165) is 38.6 Å². The first-order chi connectivity index (χ1) is 15.3. The molecule has 0 N–H and O–H groups in total. The number of hydrogen-bond acceptors (Lipinski definition) is 5. The quantitative estimate of drug-likeness (QED) is 0.735. The summed E-state index contributed by atoms with van der Waals surface area (Å²) in [5, 5.41) is 0.